The zero-order valence-corrected chi connectivity index (χ0v) is 14.2. The lowest BCUT2D eigenvalue weighted by molar-refractivity contribution is 0.252. The average Bonchev–Trinajstić information content (AvgIpc) is 2.71. The van der Waals surface area contributed by atoms with Crippen molar-refractivity contribution in [3.05, 3.63) is 49.9 Å². The van der Waals surface area contributed by atoms with E-state index < -0.39 is 6.03 Å². The molecule has 2 aromatic rings. The molecule has 0 saturated carbocycles. The van der Waals surface area contributed by atoms with Crippen LogP contribution in [0.3, 0.4) is 0 Å². The number of halogens is 2. The van der Waals surface area contributed by atoms with Crippen LogP contribution in [0.5, 0.6) is 0 Å². The first-order valence-electron chi connectivity index (χ1n) is 5.67. The Morgan fingerprint density at radius 2 is 2.20 bits per heavy atom. The van der Waals surface area contributed by atoms with Gasteiger partial charge in [0.1, 0.15) is 5.76 Å². The number of furan rings is 1. The molecule has 5 nitrogen and oxygen atoms in total. The fourth-order valence-corrected chi connectivity index (χ4v) is 2.16. The van der Waals surface area contributed by atoms with Crippen molar-refractivity contribution in [2.24, 2.45) is 5.10 Å². The summed E-state index contributed by atoms with van der Waals surface area (Å²) < 4.78 is 6.93. The SMILES string of the molecule is Cc1ccccc1NC(=O)N/N=C/c1cc(Br)c(I)o1. The van der Waals surface area contributed by atoms with Crippen molar-refractivity contribution in [2.45, 2.75) is 6.92 Å². The standard InChI is InChI=1S/C13H11BrIN3O2/c1-8-4-2-3-5-11(8)17-13(19)18-16-7-9-6-10(14)12(15)20-9/h2-7H,1H3,(H2,17,18,19)/b16-7+. The molecule has 0 aliphatic carbocycles. The number of hydrogen-bond donors (Lipinski definition) is 2. The smallest absolute Gasteiger partial charge is 0.339 e. The summed E-state index contributed by atoms with van der Waals surface area (Å²) >= 11 is 5.38. The molecule has 2 N–H and O–H groups in total. The second kappa shape index (κ2) is 6.89. The minimum atomic E-state index is -0.407. The van der Waals surface area contributed by atoms with Crippen LogP contribution in [0.2, 0.25) is 0 Å². The van der Waals surface area contributed by atoms with E-state index >= 15 is 0 Å². The van der Waals surface area contributed by atoms with E-state index in [-0.39, 0.29) is 0 Å². The number of benzene rings is 1. The number of hydrazone groups is 1. The van der Waals surface area contributed by atoms with Crippen molar-refractivity contribution in [1.82, 2.24) is 5.43 Å². The van der Waals surface area contributed by atoms with E-state index in [9.17, 15) is 4.79 Å². The van der Waals surface area contributed by atoms with E-state index in [2.05, 4.69) is 54.4 Å². The molecule has 0 unspecified atom stereocenters. The molecule has 0 aliphatic heterocycles. The lowest BCUT2D eigenvalue weighted by atomic mass is 10.2. The van der Waals surface area contributed by atoms with Gasteiger partial charge in [0.15, 0.2) is 3.77 Å². The van der Waals surface area contributed by atoms with Crippen molar-refractivity contribution >= 4 is 56.5 Å². The van der Waals surface area contributed by atoms with E-state index in [0.29, 0.717) is 5.76 Å². The van der Waals surface area contributed by atoms with Gasteiger partial charge in [0.2, 0.25) is 0 Å². The molecule has 1 aromatic heterocycles. The summed E-state index contributed by atoms with van der Waals surface area (Å²) in [4.78, 5) is 11.6. The largest absolute Gasteiger partial charge is 0.448 e. The summed E-state index contributed by atoms with van der Waals surface area (Å²) in [5, 5.41) is 6.52. The number of aryl methyl sites for hydroxylation is 1. The Hall–Kier alpha value is -1.35. The molecule has 7 heteroatoms. The molecule has 2 rings (SSSR count). The number of nitrogens with one attached hydrogen (secondary N) is 2. The van der Waals surface area contributed by atoms with Crippen LogP contribution in [-0.2, 0) is 0 Å². The number of carbonyl (C=O) groups excluding carboxylic acids is 1. The summed E-state index contributed by atoms with van der Waals surface area (Å²) in [6.45, 7) is 1.92. The molecule has 20 heavy (non-hydrogen) atoms. The number of urea groups is 1. The van der Waals surface area contributed by atoms with Gasteiger partial charge >= 0.3 is 6.03 Å². The van der Waals surface area contributed by atoms with E-state index in [4.69, 9.17) is 4.42 Å². The Morgan fingerprint density at radius 1 is 1.45 bits per heavy atom. The Balaban J connectivity index is 1.91. The van der Waals surface area contributed by atoms with Gasteiger partial charge in [-0.25, -0.2) is 10.2 Å². The van der Waals surface area contributed by atoms with Crippen LogP contribution < -0.4 is 10.7 Å². The molecule has 0 spiro atoms. The van der Waals surface area contributed by atoms with Gasteiger partial charge in [-0.3, -0.25) is 0 Å². The zero-order valence-electron chi connectivity index (χ0n) is 10.5. The van der Waals surface area contributed by atoms with Gasteiger partial charge in [-0.05, 0) is 34.5 Å². The lowest BCUT2D eigenvalue weighted by Crippen LogP contribution is -2.24. The third-order valence-electron chi connectivity index (χ3n) is 2.42. The van der Waals surface area contributed by atoms with Crippen molar-refractivity contribution in [3.63, 3.8) is 0 Å². The minimum absolute atomic E-state index is 0.407. The van der Waals surface area contributed by atoms with Gasteiger partial charge in [-0.15, -0.1) is 0 Å². The first-order valence-corrected chi connectivity index (χ1v) is 7.54. The summed E-state index contributed by atoms with van der Waals surface area (Å²) in [6.07, 6.45) is 1.43. The number of carbonyl (C=O) groups is 1. The number of nitrogens with zero attached hydrogens (tertiary/aromatic N) is 1. The van der Waals surface area contributed by atoms with Gasteiger partial charge in [-0.1, -0.05) is 18.2 Å². The Kier molecular flexibility index (Phi) is 5.18. The first-order chi connectivity index (χ1) is 9.56. The molecule has 0 atom stereocenters. The number of amides is 2. The van der Waals surface area contributed by atoms with Gasteiger partial charge in [0, 0.05) is 34.3 Å². The van der Waals surface area contributed by atoms with E-state index in [0.717, 1.165) is 19.5 Å². The van der Waals surface area contributed by atoms with Crippen LogP contribution in [0.25, 0.3) is 0 Å². The molecule has 1 aromatic carbocycles. The Labute approximate surface area is 138 Å². The number of rotatable bonds is 3. The summed E-state index contributed by atoms with van der Waals surface area (Å²) in [7, 11) is 0. The predicted octanol–water partition coefficient (Wildman–Crippen LogP) is 4.11. The summed E-state index contributed by atoms with van der Waals surface area (Å²) in [6, 6.07) is 8.87. The van der Waals surface area contributed by atoms with Crippen LogP contribution >= 0.6 is 38.5 Å². The molecule has 104 valence electrons. The fourth-order valence-electron chi connectivity index (χ4n) is 1.44. The highest BCUT2D eigenvalue weighted by Crippen LogP contribution is 2.21. The molecular weight excluding hydrogens is 437 g/mol. The van der Waals surface area contributed by atoms with Crippen LogP contribution in [0, 0.1) is 10.7 Å². The quantitative estimate of drug-likeness (QED) is 0.422. The first kappa shape index (κ1) is 15.0. The normalized spacial score (nSPS) is 10.8. The Bertz CT molecular complexity index is 635. The lowest BCUT2D eigenvalue weighted by Gasteiger charge is -2.06. The molecular formula is C13H11BrIN3O2. The van der Waals surface area contributed by atoms with E-state index in [1.807, 2.05) is 31.2 Å². The maximum Gasteiger partial charge on any atom is 0.339 e. The minimum Gasteiger partial charge on any atom is -0.448 e. The zero-order chi connectivity index (χ0) is 14.5. The average molecular weight is 448 g/mol. The number of hydrogen-bond acceptors (Lipinski definition) is 3. The van der Waals surface area contributed by atoms with Gasteiger partial charge in [-0.2, -0.15) is 5.10 Å². The molecule has 2 amide bonds. The highest BCUT2D eigenvalue weighted by atomic mass is 127. The van der Waals surface area contributed by atoms with Crippen LogP contribution in [0.1, 0.15) is 11.3 Å². The van der Waals surface area contributed by atoms with Crippen LogP contribution in [-0.4, -0.2) is 12.2 Å². The van der Waals surface area contributed by atoms with Crippen molar-refractivity contribution in [1.29, 1.82) is 0 Å². The summed E-state index contributed by atoms with van der Waals surface area (Å²) in [5.74, 6) is 0.553. The maximum atomic E-state index is 11.6. The predicted molar refractivity (Wildman–Crippen MR) is 90.1 cm³/mol. The van der Waals surface area contributed by atoms with E-state index in [1.165, 1.54) is 6.21 Å². The highest BCUT2D eigenvalue weighted by molar-refractivity contribution is 14.1. The third-order valence-corrected chi connectivity index (χ3v) is 4.55. The Morgan fingerprint density at radius 3 is 2.85 bits per heavy atom. The molecule has 0 aliphatic rings. The van der Waals surface area contributed by atoms with Crippen molar-refractivity contribution in [2.75, 3.05) is 5.32 Å². The molecule has 0 radical (unpaired) electrons. The molecule has 0 saturated heterocycles. The molecule has 0 fully saturated rings. The highest BCUT2D eigenvalue weighted by Gasteiger charge is 2.04. The van der Waals surface area contributed by atoms with Crippen molar-refractivity contribution in [3.8, 4) is 0 Å². The third kappa shape index (κ3) is 4.07. The van der Waals surface area contributed by atoms with Crippen LogP contribution in [0.4, 0.5) is 10.5 Å². The maximum absolute atomic E-state index is 11.6. The second-order valence-electron chi connectivity index (χ2n) is 3.91. The topological polar surface area (TPSA) is 66.6 Å². The summed E-state index contributed by atoms with van der Waals surface area (Å²) in [5.41, 5.74) is 4.11. The monoisotopic (exact) mass is 447 g/mol. The van der Waals surface area contributed by atoms with Gasteiger partial charge < -0.3 is 9.73 Å². The second-order valence-corrected chi connectivity index (χ2v) is 5.74. The van der Waals surface area contributed by atoms with E-state index in [1.54, 1.807) is 6.07 Å². The van der Waals surface area contributed by atoms with Gasteiger partial charge in [0.25, 0.3) is 0 Å². The molecule has 1 heterocycles. The van der Waals surface area contributed by atoms with Gasteiger partial charge in [0.05, 0.1) is 10.7 Å². The van der Waals surface area contributed by atoms with Crippen LogP contribution in [0.15, 0.2) is 44.3 Å². The molecule has 0 bridgehead atoms. The fraction of sp³-hybridized carbons (Fsp3) is 0.0769. The van der Waals surface area contributed by atoms with Crippen molar-refractivity contribution < 1.29 is 9.21 Å². The number of anilines is 1. The number of para-hydroxylation sites is 1.